The Morgan fingerprint density at radius 1 is 1.24 bits per heavy atom. The summed E-state index contributed by atoms with van der Waals surface area (Å²) >= 11 is 0. The maximum Gasteiger partial charge on any atom is 0.133 e. The molecule has 0 aromatic carbocycles. The molecule has 3 nitrogen and oxygen atoms in total. The van der Waals surface area contributed by atoms with Gasteiger partial charge in [-0.25, -0.2) is 4.98 Å². The topological polar surface area (TPSA) is 28.2 Å². The van der Waals surface area contributed by atoms with Gasteiger partial charge < -0.3 is 10.2 Å². The van der Waals surface area contributed by atoms with Crippen molar-refractivity contribution in [2.75, 3.05) is 11.4 Å². The van der Waals surface area contributed by atoms with E-state index in [0.29, 0.717) is 6.04 Å². The molecule has 0 aliphatic heterocycles. The molecule has 0 bridgehead atoms. The van der Waals surface area contributed by atoms with Crippen LogP contribution in [0.15, 0.2) is 18.3 Å². The first-order chi connectivity index (χ1) is 10.0. The summed E-state index contributed by atoms with van der Waals surface area (Å²) in [5.41, 5.74) is 1.45. The summed E-state index contributed by atoms with van der Waals surface area (Å²) in [6.45, 7) is 10.8. The summed E-state index contributed by atoms with van der Waals surface area (Å²) in [5.74, 6) is 1.18. The quantitative estimate of drug-likeness (QED) is 0.883. The highest BCUT2D eigenvalue weighted by atomic mass is 15.2. The second-order valence-electron chi connectivity index (χ2n) is 7.17. The van der Waals surface area contributed by atoms with Gasteiger partial charge in [-0.1, -0.05) is 25.3 Å². The van der Waals surface area contributed by atoms with E-state index in [-0.39, 0.29) is 5.54 Å². The molecular weight excluding hydrogens is 258 g/mol. The zero-order valence-corrected chi connectivity index (χ0v) is 14.2. The number of rotatable bonds is 5. The minimum atomic E-state index is 0.134. The Morgan fingerprint density at radius 2 is 1.95 bits per heavy atom. The molecule has 1 aromatic rings. The standard InChI is InChI=1S/C18H31N3/c1-5-21(16-11-7-6-8-12-16)17-15(10-9-13-19-17)14-20-18(2,3)4/h9-10,13,16,20H,5-8,11-12,14H2,1-4H3. The Bertz CT molecular complexity index is 430. The van der Waals surface area contributed by atoms with Crippen LogP contribution in [0.4, 0.5) is 5.82 Å². The molecule has 0 amide bonds. The van der Waals surface area contributed by atoms with E-state index in [9.17, 15) is 0 Å². The SMILES string of the molecule is CCN(c1ncccc1CNC(C)(C)C)C1CCCCC1. The third-order valence-electron chi connectivity index (χ3n) is 4.30. The summed E-state index contributed by atoms with van der Waals surface area (Å²) in [6.07, 6.45) is 8.69. The maximum atomic E-state index is 4.71. The summed E-state index contributed by atoms with van der Waals surface area (Å²) < 4.78 is 0. The van der Waals surface area contributed by atoms with Crippen LogP contribution in [0.25, 0.3) is 0 Å². The molecule has 1 aliphatic rings. The van der Waals surface area contributed by atoms with Crippen LogP contribution in [0.5, 0.6) is 0 Å². The molecule has 1 aromatic heterocycles. The molecule has 2 rings (SSSR count). The van der Waals surface area contributed by atoms with Gasteiger partial charge in [0.2, 0.25) is 0 Å². The van der Waals surface area contributed by atoms with Crippen molar-refractivity contribution in [2.45, 2.75) is 77.9 Å². The Balaban J connectivity index is 2.16. The van der Waals surface area contributed by atoms with Crippen molar-refractivity contribution in [3.05, 3.63) is 23.9 Å². The van der Waals surface area contributed by atoms with Gasteiger partial charge in [0.15, 0.2) is 0 Å². The monoisotopic (exact) mass is 289 g/mol. The van der Waals surface area contributed by atoms with Crippen LogP contribution in [0, 0.1) is 0 Å². The molecule has 0 radical (unpaired) electrons. The van der Waals surface area contributed by atoms with Gasteiger partial charge in [-0.2, -0.15) is 0 Å². The average Bonchev–Trinajstić information content (AvgIpc) is 2.47. The minimum absolute atomic E-state index is 0.134. The number of anilines is 1. The zero-order chi connectivity index (χ0) is 15.3. The normalized spacial score (nSPS) is 17.0. The van der Waals surface area contributed by atoms with Gasteiger partial charge in [-0.15, -0.1) is 0 Å². The lowest BCUT2D eigenvalue weighted by atomic mass is 9.94. The van der Waals surface area contributed by atoms with Gasteiger partial charge in [0, 0.05) is 36.4 Å². The first-order valence-electron chi connectivity index (χ1n) is 8.47. The van der Waals surface area contributed by atoms with Gasteiger partial charge in [-0.3, -0.25) is 0 Å². The van der Waals surface area contributed by atoms with Gasteiger partial charge >= 0.3 is 0 Å². The molecule has 118 valence electrons. The predicted octanol–water partition coefficient (Wildman–Crippen LogP) is 4.13. The van der Waals surface area contributed by atoms with Crippen molar-refractivity contribution in [3.8, 4) is 0 Å². The van der Waals surface area contributed by atoms with E-state index in [0.717, 1.165) is 13.1 Å². The fraction of sp³-hybridized carbons (Fsp3) is 0.722. The highest BCUT2D eigenvalue weighted by Crippen LogP contribution is 2.28. The summed E-state index contributed by atoms with van der Waals surface area (Å²) in [7, 11) is 0. The van der Waals surface area contributed by atoms with E-state index in [2.05, 4.69) is 50.0 Å². The van der Waals surface area contributed by atoms with Crippen molar-refractivity contribution < 1.29 is 0 Å². The lowest BCUT2D eigenvalue weighted by molar-refractivity contribution is 0.410. The molecule has 0 saturated heterocycles. The number of nitrogens with zero attached hydrogens (tertiary/aromatic N) is 2. The lowest BCUT2D eigenvalue weighted by Gasteiger charge is -2.36. The minimum Gasteiger partial charge on any atom is -0.354 e. The van der Waals surface area contributed by atoms with Crippen molar-refractivity contribution in [1.29, 1.82) is 0 Å². The van der Waals surface area contributed by atoms with Gasteiger partial charge in [0.1, 0.15) is 5.82 Å². The summed E-state index contributed by atoms with van der Waals surface area (Å²) in [4.78, 5) is 7.24. The molecular formula is C18H31N3. The first kappa shape index (κ1) is 16.3. The second-order valence-corrected chi connectivity index (χ2v) is 7.17. The molecule has 3 heteroatoms. The maximum absolute atomic E-state index is 4.71. The molecule has 1 fully saturated rings. The second kappa shape index (κ2) is 7.26. The fourth-order valence-corrected chi connectivity index (χ4v) is 3.16. The van der Waals surface area contributed by atoms with Gasteiger partial charge in [0.05, 0.1) is 0 Å². The van der Waals surface area contributed by atoms with Gasteiger partial charge in [-0.05, 0) is 46.6 Å². The first-order valence-corrected chi connectivity index (χ1v) is 8.47. The predicted molar refractivity (Wildman–Crippen MR) is 90.7 cm³/mol. The molecule has 1 heterocycles. The highest BCUT2D eigenvalue weighted by molar-refractivity contribution is 5.47. The van der Waals surface area contributed by atoms with E-state index in [1.54, 1.807) is 0 Å². The summed E-state index contributed by atoms with van der Waals surface area (Å²) in [5, 5.41) is 3.59. The lowest BCUT2D eigenvalue weighted by Crippen LogP contribution is -2.39. The third kappa shape index (κ3) is 4.70. The van der Waals surface area contributed by atoms with E-state index in [1.165, 1.54) is 43.5 Å². The van der Waals surface area contributed by atoms with Crippen molar-refractivity contribution in [3.63, 3.8) is 0 Å². The third-order valence-corrected chi connectivity index (χ3v) is 4.30. The number of pyridine rings is 1. The molecule has 1 saturated carbocycles. The van der Waals surface area contributed by atoms with E-state index in [4.69, 9.17) is 4.98 Å². The molecule has 1 aliphatic carbocycles. The van der Waals surface area contributed by atoms with Crippen LogP contribution in [0.3, 0.4) is 0 Å². The van der Waals surface area contributed by atoms with Crippen molar-refractivity contribution in [2.24, 2.45) is 0 Å². The van der Waals surface area contributed by atoms with Crippen LogP contribution in [0.1, 0.15) is 65.4 Å². The highest BCUT2D eigenvalue weighted by Gasteiger charge is 2.23. The number of hydrogen-bond donors (Lipinski definition) is 1. The van der Waals surface area contributed by atoms with Crippen LogP contribution in [-0.4, -0.2) is 23.1 Å². The molecule has 21 heavy (non-hydrogen) atoms. The average molecular weight is 289 g/mol. The van der Waals surface area contributed by atoms with Crippen molar-refractivity contribution in [1.82, 2.24) is 10.3 Å². The van der Waals surface area contributed by atoms with E-state index >= 15 is 0 Å². The number of nitrogens with one attached hydrogen (secondary N) is 1. The molecule has 0 atom stereocenters. The Labute approximate surface area is 130 Å². The molecule has 0 spiro atoms. The van der Waals surface area contributed by atoms with Crippen molar-refractivity contribution >= 4 is 5.82 Å². The van der Waals surface area contributed by atoms with Crippen LogP contribution in [-0.2, 0) is 6.54 Å². The Kier molecular flexibility index (Phi) is 5.63. The zero-order valence-electron chi connectivity index (χ0n) is 14.2. The Hall–Kier alpha value is -1.09. The molecule has 1 N–H and O–H groups in total. The van der Waals surface area contributed by atoms with Crippen LogP contribution in [0.2, 0.25) is 0 Å². The van der Waals surface area contributed by atoms with E-state index < -0.39 is 0 Å². The van der Waals surface area contributed by atoms with Crippen LogP contribution >= 0.6 is 0 Å². The fourth-order valence-electron chi connectivity index (χ4n) is 3.16. The Morgan fingerprint density at radius 3 is 2.57 bits per heavy atom. The smallest absolute Gasteiger partial charge is 0.133 e. The van der Waals surface area contributed by atoms with Gasteiger partial charge in [0.25, 0.3) is 0 Å². The number of aromatic nitrogens is 1. The van der Waals surface area contributed by atoms with E-state index in [1.807, 2.05) is 6.20 Å². The molecule has 0 unspecified atom stereocenters. The number of hydrogen-bond acceptors (Lipinski definition) is 3. The van der Waals surface area contributed by atoms with Crippen LogP contribution < -0.4 is 10.2 Å². The summed E-state index contributed by atoms with van der Waals surface area (Å²) in [6, 6.07) is 4.94. The largest absolute Gasteiger partial charge is 0.354 e.